The number of halogens is 1. The third-order valence-electron chi connectivity index (χ3n) is 3.16. The average Bonchev–Trinajstić information content (AvgIpc) is 2.44. The fourth-order valence-corrected chi connectivity index (χ4v) is 2.34. The number of hydrogen-bond donors (Lipinski definition) is 1. The molecular formula is C13H15ClN2O4. The van der Waals surface area contributed by atoms with Crippen LogP contribution in [0, 0.1) is 0 Å². The van der Waals surface area contributed by atoms with Crippen molar-refractivity contribution in [2.45, 2.75) is 13.0 Å². The van der Waals surface area contributed by atoms with Gasteiger partial charge in [0.1, 0.15) is 17.5 Å². The SMILES string of the molecule is COc1cc(N2C(=O)CNC(=O)C2C)c(OC)cc1Cl. The Bertz CT molecular complexity index is 562. The van der Waals surface area contributed by atoms with Gasteiger partial charge in [-0.1, -0.05) is 11.6 Å². The lowest BCUT2D eigenvalue weighted by molar-refractivity contribution is -0.130. The molecular weight excluding hydrogens is 284 g/mol. The van der Waals surface area contributed by atoms with Gasteiger partial charge in [0.2, 0.25) is 11.8 Å². The third kappa shape index (κ3) is 2.38. The van der Waals surface area contributed by atoms with Gasteiger partial charge in [0.25, 0.3) is 0 Å². The topological polar surface area (TPSA) is 67.9 Å². The molecule has 0 bridgehead atoms. The minimum absolute atomic E-state index is 0.0444. The van der Waals surface area contributed by atoms with Crippen LogP contribution < -0.4 is 19.7 Å². The molecule has 0 spiro atoms. The lowest BCUT2D eigenvalue weighted by atomic mass is 10.1. The van der Waals surface area contributed by atoms with E-state index in [1.807, 2.05) is 0 Å². The maximum atomic E-state index is 12.1. The van der Waals surface area contributed by atoms with E-state index in [-0.39, 0.29) is 18.4 Å². The van der Waals surface area contributed by atoms with Crippen molar-refractivity contribution in [3.8, 4) is 11.5 Å². The Labute approximate surface area is 121 Å². The highest BCUT2D eigenvalue weighted by molar-refractivity contribution is 6.32. The molecule has 0 radical (unpaired) electrons. The van der Waals surface area contributed by atoms with Crippen LogP contribution in [0.1, 0.15) is 6.92 Å². The summed E-state index contributed by atoms with van der Waals surface area (Å²) in [5, 5.41) is 2.90. The molecule has 1 N–H and O–H groups in total. The van der Waals surface area contributed by atoms with Crippen molar-refractivity contribution in [3.05, 3.63) is 17.2 Å². The zero-order chi connectivity index (χ0) is 14.9. The predicted octanol–water partition coefficient (Wildman–Crippen LogP) is 1.21. The number of nitrogens with one attached hydrogen (secondary N) is 1. The number of hydrogen-bond acceptors (Lipinski definition) is 4. The van der Waals surface area contributed by atoms with Gasteiger partial charge in [-0.25, -0.2) is 0 Å². The van der Waals surface area contributed by atoms with E-state index in [0.29, 0.717) is 22.2 Å². The van der Waals surface area contributed by atoms with Gasteiger partial charge >= 0.3 is 0 Å². The molecule has 2 amide bonds. The number of methoxy groups -OCH3 is 2. The highest BCUT2D eigenvalue weighted by atomic mass is 35.5. The van der Waals surface area contributed by atoms with Crippen molar-refractivity contribution in [2.75, 3.05) is 25.7 Å². The van der Waals surface area contributed by atoms with Crippen molar-refractivity contribution in [2.24, 2.45) is 0 Å². The lowest BCUT2D eigenvalue weighted by Gasteiger charge is -2.33. The molecule has 7 heteroatoms. The molecule has 1 heterocycles. The summed E-state index contributed by atoms with van der Waals surface area (Å²) < 4.78 is 10.4. The lowest BCUT2D eigenvalue weighted by Crippen LogP contribution is -2.57. The van der Waals surface area contributed by atoms with Crippen molar-refractivity contribution >= 4 is 29.1 Å². The number of ether oxygens (including phenoxy) is 2. The van der Waals surface area contributed by atoms with E-state index >= 15 is 0 Å². The summed E-state index contributed by atoms with van der Waals surface area (Å²) in [6.07, 6.45) is 0. The Morgan fingerprint density at radius 2 is 1.90 bits per heavy atom. The van der Waals surface area contributed by atoms with Crippen molar-refractivity contribution in [1.29, 1.82) is 0 Å². The maximum absolute atomic E-state index is 12.1. The van der Waals surface area contributed by atoms with Crippen LogP contribution in [0.3, 0.4) is 0 Å². The van der Waals surface area contributed by atoms with Crippen LogP contribution in [0.25, 0.3) is 0 Å². The zero-order valence-electron chi connectivity index (χ0n) is 11.4. The van der Waals surface area contributed by atoms with Crippen molar-refractivity contribution < 1.29 is 19.1 Å². The van der Waals surface area contributed by atoms with E-state index in [9.17, 15) is 9.59 Å². The largest absolute Gasteiger partial charge is 0.495 e. The van der Waals surface area contributed by atoms with E-state index in [2.05, 4.69) is 5.32 Å². The summed E-state index contributed by atoms with van der Waals surface area (Å²) in [6.45, 7) is 1.60. The molecule has 0 aliphatic carbocycles. The van der Waals surface area contributed by atoms with Crippen LogP contribution in [0.4, 0.5) is 5.69 Å². The number of nitrogens with zero attached hydrogens (tertiary/aromatic N) is 1. The molecule has 6 nitrogen and oxygen atoms in total. The molecule has 1 saturated heterocycles. The van der Waals surface area contributed by atoms with Gasteiger partial charge in [0.15, 0.2) is 0 Å². The first-order chi connectivity index (χ1) is 9.49. The molecule has 2 rings (SSSR count). The first kappa shape index (κ1) is 14.5. The Morgan fingerprint density at radius 3 is 2.50 bits per heavy atom. The van der Waals surface area contributed by atoms with E-state index < -0.39 is 6.04 Å². The Kier molecular flexibility index (Phi) is 4.04. The van der Waals surface area contributed by atoms with Gasteiger partial charge in [-0.3, -0.25) is 14.5 Å². The van der Waals surface area contributed by atoms with Crippen LogP contribution in [0.15, 0.2) is 12.1 Å². The molecule has 1 aromatic carbocycles. The predicted molar refractivity (Wildman–Crippen MR) is 74.5 cm³/mol. The van der Waals surface area contributed by atoms with Gasteiger partial charge in [0.05, 0.1) is 31.5 Å². The van der Waals surface area contributed by atoms with Crippen molar-refractivity contribution in [1.82, 2.24) is 5.32 Å². The molecule has 1 atom stereocenters. The molecule has 1 unspecified atom stereocenters. The second-order valence-electron chi connectivity index (χ2n) is 4.32. The van der Waals surface area contributed by atoms with E-state index in [4.69, 9.17) is 21.1 Å². The number of carbonyl (C=O) groups excluding carboxylic acids is 2. The van der Waals surface area contributed by atoms with E-state index in [1.165, 1.54) is 19.1 Å². The second-order valence-corrected chi connectivity index (χ2v) is 4.72. The van der Waals surface area contributed by atoms with Crippen LogP contribution in [0.5, 0.6) is 11.5 Å². The molecule has 20 heavy (non-hydrogen) atoms. The minimum Gasteiger partial charge on any atom is -0.495 e. The highest BCUT2D eigenvalue weighted by Crippen LogP contribution is 2.39. The average molecular weight is 299 g/mol. The number of carbonyl (C=O) groups is 2. The van der Waals surface area contributed by atoms with Crippen LogP contribution in [-0.4, -0.2) is 38.6 Å². The molecule has 0 saturated carbocycles. The molecule has 1 fully saturated rings. The number of anilines is 1. The van der Waals surface area contributed by atoms with Gasteiger partial charge in [0, 0.05) is 12.1 Å². The Balaban J connectivity index is 2.54. The maximum Gasteiger partial charge on any atom is 0.247 e. The molecule has 0 aromatic heterocycles. The molecule has 1 aliphatic rings. The van der Waals surface area contributed by atoms with Crippen molar-refractivity contribution in [3.63, 3.8) is 0 Å². The molecule has 108 valence electrons. The summed E-state index contributed by atoms with van der Waals surface area (Å²) >= 11 is 6.03. The fraction of sp³-hybridized carbons (Fsp3) is 0.385. The standard InChI is InChI=1S/C13H15ClN2O4/c1-7-13(18)15-6-12(17)16(7)9-5-10(19-2)8(14)4-11(9)20-3/h4-5,7H,6H2,1-3H3,(H,15,18). The summed E-state index contributed by atoms with van der Waals surface area (Å²) in [5.41, 5.74) is 0.459. The van der Waals surface area contributed by atoms with Gasteiger partial charge in [-0.05, 0) is 6.92 Å². The van der Waals surface area contributed by atoms with Gasteiger partial charge < -0.3 is 14.8 Å². The quantitative estimate of drug-likeness (QED) is 0.911. The second kappa shape index (κ2) is 5.58. The fourth-order valence-electron chi connectivity index (χ4n) is 2.10. The zero-order valence-corrected chi connectivity index (χ0v) is 12.2. The van der Waals surface area contributed by atoms with Gasteiger partial charge in [-0.2, -0.15) is 0 Å². The molecule has 1 aliphatic heterocycles. The summed E-state index contributed by atoms with van der Waals surface area (Å²) in [5.74, 6) is 0.375. The third-order valence-corrected chi connectivity index (χ3v) is 3.46. The number of amides is 2. The normalized spacial score (nSPS) is 18.8. The summed E-state index contributed by atoms with van der Waals surface area (Å²) in [6, 6.07) is 2.52. The number of piperazine rings is 1. The highest BCUT2D eigenvalue weighted by Gasteiger charge is 2.34. The monoisotopic (exact) mass is 298 g/mol. The smallest absolute Gasteiger partial charge is 0.247 e. The summed E-state index contributed by atoms with van der Waals surface area (Å²) in [7, 11) is 2.95. The van der Waals surface area contributed by atoms with Gasteiger partial charge in [-0.15, -0.1) is 0 Å². The Morgan fingerprint density at radius 1 is 1.25 bits per heavy atom. The van der Waals surface area contributed by atoms with Crippen LogP contribution in [-0.2, 0) is 9.59 Å². The first-order valence-electron chi connectivity index (χ1n) is 6.01. The summed E-state index contributed by atoms with van der Waals surface area (Å²) in [4.78, 5) is 25.2. The van der Waals surface area contributed by atoms with Crippen LogP contribution in [0.2, 0.25) is 5.02 Å². The first-order valence-corrected chi connectivity index (χ1v) is 6.38. The minimum atomic E-state index is -0.629. The van der Waals surface area contributed by atoms with Crippen LogP contribution >= 0.6 is 11.6 Å². The number of benzene rings is 1. The Hall–Kier alpha value is -1.95. The van der Waals surface area contributed by atoms with E-state index in [0.717, 1.165) is 0 Å². The number of rotatable bonds is 3. The molecule has 1 aromatic rings. The van der Waals surface area contributed by atoms with E-state index in [1.54, 1.807) is 19.1 Å².